The molecule has 0 amide bonds. The number of rotatable bonds is 5. The van der Waals surface area contributed by atoms with Crippen LogP contribution in [-0.2, 0) is 6.18 Å². The Balaban J connectivity index is 1.59. The molecule has 0 unspecified atom stereocenters. The molecule has 0 aliphatic heterocycles. The first-order valence-corrected chi connectivity index (χ1v) is 11.0. The highest BCUT2D eigenvalue weighted by Crippen LogP contribution is 2.39. The maximum Gasteiger partial charge on any atom is 0.416 e. The van der Waals surface area contributed by atoms with Crippen LogP contribution in [0.4, 0.5) is 24.5 Å². The lowest BCUT2D eigenvalue weighted by Crippen LogP contribution is -2.07. The maximum atomic E-state index is 13.1. The Morgan fingerprint density at radius 3 is 1.89 bits per heavy atom. The third-order valence-corrected chi connectivity index (χ3v) is 5.50. The van der Waals surface area contributed by atoms with Gasteiger partial charge in [-0.15, -0.1) is 0 Å². The molecule has 0 radical (unpaired) electrons. The summed E-state index contributed by atoms with van der Waals surface area (Å²) in [6.45, 7) is 0. The molecule has 186 valence electrons. The van der Waals surface area contributed by atoms with Gasteiger partial charge in [0.1, 0.15) is 34.3 Å². The maximum absolute atomic E-state index is 13.1. The highest BCUT2D eigenvalue weighted by Gasteiger charge is 2.31. The normalized spacial score (nSPS) is 11.4. The highest BCUT2D eigenvalue weighted by molar-refractivity contribution is 5.80. The lowest BCUT2D eigenvalue weighted by Gasteiger charge is -2.14. The van der Waals surface area contributed by atoms with Crippen LogP contribution in [0.2, 0.25) is 0 Å². The van der Waals surface area contributed by atoms with Gasteiger partial charge in [-0.25, -0.2) is 0 Å². The van der Waals surface area contributed by atoms with Crippen LogP contribution in [0.15, 0.2) is 100 Å². The van der Waals surface area contributed by atoms with E-state index in [1.54, 1.807) is 66.7 Å². The van der Waals surface area contributed by atoms with Gasteiger partial charge in [0, 0.05) is 23.5 Å². The van der Waals surface area contributed by atoms with Crippen LogP contribution in [0, 0.1) is 0 Å². The van der Waals surface area contributed by atoms with Crippen LogP contribution < -0.4 is 26.4 Å². The van der Waals surface area contributed by atoms with Crippen molar-refractivity contribution in [3.8, 4) is 34.3 Å². The van der Waals surface area contributed by atoms with E-state index in [0.29, 0.717) is 34.2 Å². The fraction of sp³-hybridized carbons (Fsp3) is 0.0357. The Morgan fingerprint density at radius 2 is 1.27 bits per heavy atom. The zero-order chi connectivity index (χ0) is 26.2. The van der Waals surface area contributed by atoms with Crippen molar-refractivity contribution in [3.05, 3.63) is 107 Å². The van der Waals surface area contributed by atoms with Crippen molar-refractivity contribution in [2.24, 2.45) is 0 Å². The second-order valence-corrected chi connectivity index (χ2v) is 8.18. The summed E-state index contributed by atoms with van der Waals surface area (Å²) < 4.78 is 57.2. The molecule has 4 aromatic carbocycles. The second-order valence-electron chi connectivity index (χ2n) is 8.18. The van der Waals surface area contributed by atoms with Crippen molar-refractivity contribution in [1.29, 1.82) is 0 Å². The smallest absolute Gasteiger partial charge is 0.416 e. The summed E-state index contributed by atoms with van der Waals surface area (Å²) in [5.41, 5.74) is 11.5. The zero-order valence-corrected chi connectivity index (χ0v) is 19.1. The number of halogens is 3. The number of benzene rings is 4. The van der Waals surface area contributed by atoms with E-state index in [9.17, 15) is 18.0 Å². The fourth-order valence-corrected chi connectivity index (χ4v) is 3.65. The molecule has 9 heteroatoms. The van der Waals surface area contributed by atoms with E-state index < -0.39 is 17.2 Å². The minimum Gasteiger partial charge on any atom is -0.457 e. The monoisotopic (exact) mass is 504 g/mol. The number of fused-ring (bicyclic) bond motifs is 1. The number of nitrogens with two attached hydrogens (primary N) is 2. The molecule has 0 bridgehead atoms. The highest BCUT2D eigenvalue weighted by atomic mass is 19.4. The van der Waals surface area contributed by atoms with E-state index in [1.807, 2.05) is 0 Å². The van der Waals surface area contributed by atoms with E-state index in [1.165, 1.54) is 0 Å². The SMILES string of the molecule is Nc1ccc(Oc2ccc(-c3cc(=O)c4cc(C(F)(F)F)ccc4o3)c(Oc3ccc(N)cc3)c2)cc1. The van der Waals surface area contributed by atoms with Gasteiger partial charge in [0.05, 0.1) is 16.5 Å². The Hall–Kier alpha value is -4.92. The van der Waals surface area contributed by atoms with Crippen LogP contribution in [0.5, 0.6) is 23.0 Å². The molecule has 6 nitrogen and oxygen atoms in total. The van der Waals surface area contributed by atoms with Crippen LogP contribution in [0.3, 0.4) is 0 Å². The summed E-state index contributed by atoms with van der Waals surface area (Å²) in [4.78, 5) is 12.8. The number of ether oxygens (including phenoxy) is 2. The van der Waals surface area contributed by atoms with E-state index in [2.05, 4.69) is 0 Å². The minimum atomic E-state index is -4.58. The minimum absolute atomic E-state index is 0.0103. The van der Waals surface area contributed by atoms with Gasteiger partial charge in [-0.3, -0.25) is 4.79 Å². The largest absolute Gasteiger partial charge is 0.457 e. The molecule has 0 aliphatic carbocycles. The molecule has 0 atom stereocenters. The van der Waals surface area contributed by atoms with Crippen molar-refractivity contribution in [3.63, 3.8) is 0 Å². The first-order valence-electron chi connectivity index (χ1n) is 11.0. The molecule has 0 spiro atoms. The summed E-state index contributed by atoms with van der Waals surface area (Å²) in [7, 11) is 0. The first kappa shape index (κ1) is 23.8. The summed E-state index contributed by atoms with van der Waals surface area (Å²) in [5.74, 6) is 1.82. The van der Waals surface area contributed by atoms with Crippen LogP contribution in [0.1, 0.15) is 5.56 Å². The lowest BCUT2D eigenvalue weighted by molar-refractivity contribution is -0.137. The molecule has 37 heavy (non-hydrogen) atoms. The molecule has 0 fully saturated rings. The van der Waals surface area contributed by atoms with Crippen molar-refractivity contribution >= 4 is 22.3 Å². The van der Waals surface area contributed by atoms with E-state index in [-0.39, 0.29) is 22.5 Å². The molecular formula is C28H19F3N2O4. The third kappa shape index (κ3) is 5.20. The van der Waals surface area contributed by atoms with Crippen LogP contribution in [0.25, 0.3) is 22.3 Å². The summed E-state index contributed by atoms with van der Waals surface area (Å²) >= 11 is 0. The molecule has 1 aromatic heterocycles. The van der Waals surface area contributed by atoms with Gasteiger partial charge >= 0.3 is 6.18 Å². The Labute approximate surface area is 208 Å². The van der Waals surface area contributed by atoms with Gasteiger partial charge in [0.15, 0.2) is 5.43 Å². The number of hydrogen-bond acceptors (Lipinski definition) is 6. The van der Waals surface area contributed by atoms with Gasteiger partial charge < -0.3 is 25.4 Å². The summed E-state index contributed by atoms with van der Waals surface area (Å²) in [5, 5.41) is -0.178. The number of anilines is 2. The Bertz CT molecular complexity index is 1640. The topological polar surface area (TPSA) is 101 Å². The average molecular weight is 504 g/mol. The Morgan fingerprint density at radius 1 is 0.676 bits per heavy atom. The average Bonchev–Trinajstić information content (AvgIpc) is 2.86. The Kier molecular flexibility index (Phi) is 5.96. The number of alkyl halides is 3. The predicted molar refractivity (Wildman–Crippen MR) is 135 cm³/mol. The second kappa shape index (κ2) is 9.27. The molecule has 0 aliphatic rings. The fourth-order valence-electron chi connectivity index (χ4n) is 3.65. The summed E-state index contributed by atoms with van der Waals surface area (Å²) in [6, 6.07) is 22.3. The molecule has 4 N–H and O–H groups in total. The lowest BCUT2D eigenvalue weighted by atomic mass is 10.1. The van der Waals surface area contributed by atoms with E-state index >= 15 is 0 Å². The standard InChI is InChI=1S/C28H19F3N2O4/c29-28(30,31)16-1-12-25-23(13-16)24(34)15-27(37-25)22-11-10-21(35-19-6-2-17(32)3-7-19)14-26(22)36-20-8-4-18(33)5-9-20/h1-15H,32-33H2. The summed E-state index contributed by atoms with van der Waals surface area (Å²) in [6.07, 6.45) is -4.58. The van der Waals surface area contributed by atoms with Gasteiger partial charge in [0.25, 0.3) is 0 Å². The van der Waals surface area contributed by atoms with Crippen molar-refractivity contribution in [1.82, 2.24) is 0 Å². The van der Waals surface area contributed by atoms with Gasteiger partial charge in [-0.2, -0.15) is 13.2 Å². The molecule has 0 saturated carbocycles. The van der Waals surface area contributed by atoms with Gasteiger partial charge in [-0.05, 0) is 78.9 Å². The van der Waals surface area contributed by atoms with E-state index in [4.69, 9.17) is 25.4 Å². The van der Waals surface area contributed by atoms with Gasteiger partial charge in [0.2, 0.25) is 0 Å². The number of hydrogen-bond donors (Lipinski definition) is 2. The van der Waals surface area contributed by atoms with Crippen molar-refractivity contribution < 1.29 is 27.1 Å². The van der Waals surface area contributed by atoms with Crippen LogP contribution in [-0.4, -0.2) is 0 Å². The van der Waals surface area contributed by atoms with Crippen molar-refractivity contribution in [2.45, 2.75) is 6.18 Å². The zero-order valence-electron chi connectivity index (χ0n) is 19.1. The molecular weight excluding hydrogens is 485 g/mol. The van der Waals surface area contributed by atoms with E-state index in [0.717, 1.165) is 24.3 Å². The first-order chi connectivity index (χ1) is 17.7. The third-order valence-electron chi connectivity index (χ3n) is 5.50. The molecule has 5 aromatic rings. The van der Waals surface area contributed by atoms with Crippen LogP contribution >= 0.6 is 0 Å². The molecule has 1 heterocycles. The molecule has 5 rings (SSSR count). The quantitative estimate of drug-likeness (QED) is 0.245. The number of nitrogen functional groups attached to an aromatic ring is 2. The van der Waals surface area contributed by atoms with Crippen molar-refractivity contribution in [2.75, 3.05) is 11.5 Å². The predicted octanol–water partition coefficient (Wildman–Crippen LogP) is 7.23. The molecule has 0 saturated heterocycles. The van der Waals surface area contributed by atoms with Gasteiger partial charge in [-0.1, -0.05) is 0 Å².